The van der Waals surface area contributed by atoms with Crippen molar-refractivity contribution in [2.75, 3.05) is 18.6 Å². The molecule has 0 bridgehead atoms. The number of carbonyl (C=O) groups excluding carboxylic acids is 2. The maximum atomic E-state index is 11.8. The van der Waals surface area contributed by atoms with Gasteiger partial charge in [0.2, 0.25) is 5.91 Å². The van der Waals surface area contributed by atoms with E-state index in [1.165, 1.54) is 13.2 Å². The van der Waals surface area contributed by atoms with Crippen molar-refractivity contribution in [2.45, 2.75) is 12.3 Å². The minimum absolute atomic E-state index is 0.0925. The van der Waals surface area contributed by atoms with E-state index in [0.29, 0.717) is 11.6 Å². The van der Waals surface area contributed by atoms with Crippen LogP contribution in [0.3, 0.4) is 0 Å². The zero-order chi connectivity index (χ0) is 14.0. The molecule has 0 spiro atoms. The third kappa shape index (κ3) is 2.63. The molecule has 1 aromatic carbocycles. The molecule has 1 atom stereocenters. The van der Waals surface area contributed by atoms with Crippen molar-refractivity contribution in [1.82, 2.24) is 0 Å². The molecule has 0 fully saturated rings. The number of hydrogen-bond donors (Lipinski definition) is 0. The number of carbonyl (C=O) groups is 2. The van der Waals surface area contributed by atoms with Crippen LogP contribution >= 0.6 is 11.6 Å². The first-order valence-corrected chi connectivity index (χ1v) is 6.24. The molecular weight excluding hydrogens is 266 g/mol. The highest BCUT2D eigenvalue weighted by Crippen LogP contribution is 2.39. The lowest BCUT2D eigenvalue weighted by Gasteiger charge is -2.15. The molecule has 1 aliphatic heterocycles. The van der Waals surface area contributed by atoms with Gasteiger partial charge in [-0.1, -0.05) is 18.2 Å². The topological polar surface area (TPSA) is 46.6 Å². The normalized spacial score (nSPS) is 16.9. The van der Waals surface area contributed by atoms with Crippen LogP contribution in [0.4, 0.5) is 5.69 Å². The number of rotatable bonds is 3. The lowest BCUT2D eigenvalue weighted by atomic mass is 9.98. The third-order valence-corrected chi connectivity index (χ3v) is 3.44. The SMILES string of the molecule is C=CC(=O)N1CC(CC(=O)OC)c2cc(Cl)ccc21. The third-order valence-electron chi connectivity index (χ3n) is 3.20. The lowest BCUT2D eigenvalue weighted by molar-refractivity contribution is -0.141. The Morgan fingerprint density at radius 2 is 2.32 bits per heavy atom. The Bertz CT molecular complexity index is 541. The second-order valence-corrected chi connectivity index (χ2v) is 4.77. The molecular formula is C14H14ClNO3. The Hall–Kier alpha value is -1.81. The second kappa shape index (κ2) is 5.45. The molecule has 100 valence electrons. The van der Waals surface area contributed by atoms with Gasteiger partial charge in [-0.05, 0) is 29.8 Å². The molecule has 5 heteroatoms. The summed E-state index contributed by atoms with van der Waals surface area (Å²) in [6, 6.07) is 5.31. The van der Waals surface area contributed by atoms with Gasteiger partial charge < -0.3 is 9.64 Å². The second-order valence-electron chi connectivity index (χ2n) is 4.33. The largest absolute Gasteiger partial charge is 0.469 e. The van der Waals surface area contributed by atoms with Crippen molar-refractivity contribution in [3.8, 4) is 0 Å². The van der Waals surface area contributed by atoms with Gasteiger partial charge in [0.15, 0.2) is 0 Å². The highest BCUT2D eigenvalue weighted by molar-refractivity contribution is 6.30. The van der Waals surface area contributed by atoms with E-state index in [4.69, 9.17) is 11.6 Å². The fourth-order valence-electron chi connectivity index (χ4n) is 2.29. The number of methoxy groups -OCH3 is 1. The quantitative estimate of drug-likeness (QED) is 0.631. The van der Waals surface area contributed by atoms with E-state index in [9.17, 15) is 9.59 Å². The summed E-state index contributed by atoms with van der Waals surface area (Å²) in [7, 11) is 1.35. The zero-order valence-electron chi connectivity index (χ0n) is 10.6. The van der Waals surface area contributed by atoms with E-state index in [1.54, 1.807) is 23.1 Å². The summed E-state index contributed by atoms with van der Waals surface area (Å²) < 4.78 is 4.68. The van der Waals surface area contributed by atoms with E-state index in [2.05, 4.69) is 11.3 Å². The van der Waals surface area contributed by atoms with Crippen LogP contribution in [0, 0.1) is 0 Å². The predicted molar refractivity (Wildman–Crippen MR) is 73.4 cm³/mol. The van der Waals surface area contributed by atoms with Crippen LogP contribution in [0.5, 0.6) is 0 Å². The van der Waals surface area contributed by atoms with Gasteiger partial charge in [-0.25, -0.2) is 0 Å². The van der Waals surface area contributed by atoms with Crippen LogP contribution < -0.4 is 4.90 Å². The standard InChI is InChI=1S/C14H14ClNO3/c1-3-13(17)16-8-9(6-14(18)19-2)11-7-10(15)4-5-12(11)16/h3-5,7,9H,1,6,8H2,2H3. The summed E-state index contributed by atoms with van der Waals surface area (Å²) in [5.41, 5.74) is 1.68. The van der Waals surface area contributed by atoms with Gasteiger partial charge in [0, 0.05) is 23.2 Å². The molecule has 0 radical (unpaired) electrons. The van der Waals surface area contributed by atoms with Crippen LogP contribution in [0.2, 0.25) is 5.02 Å². The number of halogens is 1. The molecule has 0 N–H and O–H groups in total. The summed E-state index contributed by atoms with van der Waals surface area (Å²) in [6.45, 7) is 3.93. The minimum atomic E-state index is -0.302. The number of nitrogens with zero attached hydrogens (tertiary/aromatic N) is 1. The van der Waals surface area contributed by atoms with Crippen LogP contribution in [0.1, 0.15) is 17.9 Å². The number of benzene rings is 1. The monoisotopic (exact) mass is 279 g/mol. The Kier molecular flexibility index (Phi) is 3.90. The van der Waals surface area contributed by atoms with Crippen molar-refractivity contribution in [3.05, 3.63) is 41.4 Å². The lowest BCUT2D eigenvalue weighted by Crippen LogP contribution is -2.28. The fraction of sp³-hybridized carbons (Fsp3) is 0.286. The van der Waals surface area contributed by atoms with E-state index < -0.39 is 0 Å². The maximum Gasteiger partial charge on any atom is 0.306 e. The van der Waals surface area contributed by atoms with E-state index in [1.807, 2.05) is 0 Å². The average Bonchev–Trinajstić information content (AvgIpc) is 2.76. The molecule has 0 saturated heterocycles. The summed E-state index contributed by atoms with van der Waals surface area (Å²) in [4.78, 5) is 24.9. The molecule has 4 nitrogen and oxygen atoms in total. The number of hydrogen-bond acceptors (Lipinski definition) is 3. The molecule has 1 amide bonds. The van der Waals surface area contributed by atoms with Crippen molar-refractivity contribution >= 4 is 29.2 Å². The van der Waals surface area contributed by atoms with Crippen molar-refractivity contribution in [1.29, 1.82) is 0 Å². The van der Waals surface area contributed by atoms with Crippen molar-refractivity contribution < 1.29 is 14.3 Å². The predicted octanol–water partition coefficient (Wildman–Crippen LogP) is 2.52. The molecule has 1 aromatic rings. The summed E-state index contributed by atoms with van der Waals surface area (Å²) >= 11 is 5.98. The average molecular weight is 280 g/mol. The van der Waals surface area contributed by atoms with Crippen LogP contribution in [-0.2, 0) is 14.3 Å². The number of amides is 1. The highest BCUT2D eigenvalue weighted by atomic mass is 35.5. The molecule has 1 unspecified atom stereocenters. The molecule has 0 aromatic heterocycles. The van der Waals surface area contributed by atoms with Crippen LogP contribution in [0.25, 0.3) is 0 Å². The van der Waals surface area contributed by atoms with Gasteiger partial charge in [0.1, 0.15) is 0 Å². The zero-order valence-corrected chi connectivity index (χ0v) is 11.3. The summed E-state index contributed by atoms with van der Waals surface area (Å²) in [5.74, 6) is -0.579. The number of fused-ring (bicyclic) bond motifs is 1. The fourth-order valence-corrected chi connectivity index (χ4v) is 2.47. The molecule has 19 heavy (non-hydrogen) atoms. The number of esters is 1. The molecule has 0 aliphatic carbocycles. The summed E-state index contributed by atoms with van der Waals surface area (Å²) in [5, 5.41) is 0.585. The van der Waals surface area contributed by atoms with E-state index in [-0.39, 0.29) is 24.2 Å². The van der Waals surface area contributed by atoms with Gasteiger partial charge in [0.05, 0.1) is 13.5 Å². The Morgan fingerprint density at radius 3 is 2.95 bits per heavy atom. The summed E-state index contributed by atoms with van der Waals surface area (Å²) in [6.07, 6.45) is 1.49. The first-order valence-electron chi connectivity index (χ1n) is 5.87. The van der Waals surface area contributed by atoms with Gasteiger partial charge in [0.25, 0.3) is 0 Å². The Labute approximate surface area is 116 Å². The molecule has 0 saturated carbocycles. The van der Waals surface area contributed by atoms with Crippen molar-refractivity contribution in [3.63, 3.8) is 0 Å². The Morgan fingerprint density at radius 1 is 1.58 bits per heavy atom. The van der Waals surface area contributed by atoms with Gasteiger partial charge in [-0.3, -0.25) is 9.59 Å². The molecule has 1 heterocycles. The number of ether oxygens (including phenoxy) is 1. The molecule has 2 rings (SSSR count). The Balaban J connectivity index is 2.36. The smallest absolute Gasteiger partial charge is 0.306 e. The van der Waals surface area contributed by atoms with E-state index in [0.717, 1.165) is 11.3 Å². The van der Waals surface area contributed by atoms with Gasteiger partial charge in [-0.2, -0.15) is 0 Å². The van der Waals surface area contributed by atoms with Crippen LogP contribution in [0.15, 0.2) is 30.9 Å². The number of anilines is 1. The van der Waals surface area contributed by atoms with Crippen molar-refractivity contribution in [2.24, 2.45) is 0 Å². The maximum absolute atomic E-state index is 11.8. The highest BCUT2D eigenvalue weighted by Gasteiger charge is 2.33. The minimum Gasteiger partial charge on any atom is -0.469 e. The molecule has 1 aliphatic rings. The van der Waals surface area contributed by atoms with E-state index >= 15 is 0 Å². The van der Waals surface area contributed by atoms with Crippen LogP contribution in [-0.4, -0.2) is 25.5 Å². The first-order chi connectivity index (χ1) is 9.06. The van der Waals surface area contributed by atoms with Gasteiger partial charge in [-0.15, -0.1) is 0 Å². The first kappa shape index (κ1) is 13.6. The van der Waals surface area contributed by atoms with Gasteiger partial charge >= 0.3 is 5.97 Å².